The molecule has 0 aliphatic carbocycles. The molecule has 1 saturated heterocycles. The van der Waals surface area contributed by atoms with Gasteiger partial charge in [0, 0.05) is 25.3 Å². The summed E-state index contributed by atoms with van der Waals surface area (Å²) in [5.74, 6) is 0.252. The SMILES string of the molecule is COCOC1c2c(OC)c(=O)c(Br)cn2C2CC(C)OC2C1(C)CCO. The van der Waals surface area contributed by atoms with Crippen molar-refractivity contribution in [1.82, 2.24) is 4.57 Å². The van der Waals surface area contributed by atoms with E-state index >= 15 is 0 Å². The molecule has 5 unspecified atom stereocenters. The molecule has 26 heavy (non-hydrogen) atoms. The molecule has 2 aliphatic rings. The van der Waals surface area contributed by atoms with Crippen LogP contribution in [0.4, 0.5) is 0 Å². The number of pyridine rings is 1. The second-order valence-corrected chi connectivity index (χ2v) is 8.09. The molecule has 3 rings (SSSR count). The molecule has 1 aromatic rings. The van der Waals surface area contributed by atoms with Crippen LogP contribution in [-0.4, -0.2) is 49.5 Å². The molecule has 0 spiro atoms. The van der Waals surface area contributed by atoms with E-state index in [2.05, 4.69) is 15.9 Å². The molecule has 1 fully saturated rings. The van der Waals surface area contributed by atoms with Crippen molar-refractivity contribution in [2.24, 2.45) is 5.41 Å². The van der Waals surface area contributed by atoms with Crippen LogP contribution in [0.2, 0.25) is 0 Å². The van der Waals surface area contributed by atoms with Crippen LogP contribution in [0.15, 0.2) is 15.5 Å². The highest BCUT2D eigenvalue weighted by molar-refractivity contribution is 9.10. The third-order valence-electron chi connectivity index (χ3n) is 5.55. The summed E-state index contributed by atoms with van der Waals surface area (Å²) in [7, 11) is 3.04. The number of rotatable bonds is 6. The molecule has 7 nitrogen and oxygen atoms in total. The van der Waals surface area contributed by atoms with Gasteiger partial charge in [-0.15, -0.1) is 0 Å². The number of fused-ring (bicyclic) bond motifs is 3. The van der Waals surface area contributed by atoms with E-state index in [0.29, 0.717) is 16.6 Å². The van der Waals surface area contributed by atoms with Crippen molar-refractivity contribution in [2.75, 3.05) is 27.6 Å². The lowest BCUT2D eigenvalue weighted by molar-refractivity contribution is -0.179. The first-order valence-electron chi connectivity index (χ1n) is 8.74. The van der Waals surface area contributed by atoms with Gasteiger partial charge in [-0.2, -0.15) is 0 Å². The summed E-state index contributed by atoms with van der Waals surface area (Å²) in [6.07, 6.45) is 2.48. The first-order valence-corrected chi connectivity index (χ1v) is 9.53. The van der Waals surface area contributed by atoms with Crippen molar-refractivity contribution in [3.05, 3.63) is 26.6 Å². The van der Waals surface area contributed by atoms with E-state index in [1.54, 1.807) is 13.3 Å². The molecule has 0 bridgehead atoms. The summed E-state index contributed by atoms with van der Waals surface area (Å²) in [6.45, 7) is 4.13. The van der Waals surface area contributed by atoms with Gasteiger partial charge in [0.05, 0.1) is 35.5 Å². The van der Waals surface area contributed by atoms with E-state index in [1.165, 1.54) is 7.11 Å². The number of halogens is 1. The predicted molar refractivity (Wildman–Crippen MR) is 98.5 cm³/mol. The molecule has 5 atom stereocenters. The molecule has 3 heterocycles. The van der Waals surface area contributed by atoms with E-state index in [4.69, 9.17) is 18.9 Å². The predicted octanol–water partition coefficient (Wildman–Crippen LogP) is 2.40. The molecule has 8 heteroatoms. The maximum absolute atomic E-state index is 12.7. The van der Waals surface area contributed by atoms with Crippen molar-refractivity contribution >= 4 is 15.9 Å². The topological polar surface area (TPSA) is 79.2 Å². The molecule has 1 aromatic heterocycles. The lowest BCUT2D eigenvalue weighted by Gasteiger charge is -2.49. The Morgan fingerprint density at radius 1 is 1.46 bits per heavy atom. The summed E-state index contributed by atoms with van der Waals surface area (Å²) < 4.78 is 25.4. The summed E-state index contributed by atoms with van der Waals surface area (Å²) >= 11 is 3.35. The van der Waals surface area contributed by atoms with Crippen LogP contribution in [0.5, 0.6) is 5.75 Å². The van der Waals surface area contributed by atoms with Crippen LogP contribution in [0.25, 0.3) is 0 Å². The number of aromatic nitrogens is 1. The highest BCUT2D eigenvalue weighted by Gasteiger charge is 2.56. The van der Waals surface area contributed by atoms with Crippen molar-refractivity contribution in [3.63, 3.8) is 0 Å². The Bertz CT molecular complexity index is 722. The molecule has 2 aliphatic heterocycles. The second kappa shape index (κ2) is 7.59. The van der Waals surface area contributed by atoms with E-state index in [1.807, 2.05) is 18.4 Å². The number of methoxy groups -OCH3 is 2. The van der Waals surface area contributed by atoms with Crippen molar-refractivity contribution < 1.29 is 24.1 Å². The maximum Gasteiger partial charge on any atom is 0.237 e. The molecule has 1 N–H and O–H groups in total. The van der Waals surface area contributed by atoms with E-state index < -0.39 is 11.5 Å². The molecule has 0 amide bonds. The summed E-state index contributed by atoms with van der Waals surface area (Å²) in [5, 5.41) is 9.74. The van der Waals surface area contributed by atoms with Gasteiger partial charge in [-0.25, -0.2) is 0 Å². The normalized spacial score (nSPS) is 33.0. The number of hydrogen-bond acceptors (Lipinski definition) is 6. The smallest absolute Gasteiger partial charge is 0.237 e. The van der Waals surface area contributed by atoms with Crippen LogP contribution >= 0.6 is 15.9 Å². The lowest BCUT2D eigenvalue weighted by Crippen LogP contribution is -2.50. The van der Waals surface area contributed by atoms with Gasteiger partial charge >= 0.3 is 0 Å². The minimum absolute atomic E-state index is 0.00657. The van der Waals surface area contributed by atoms with Crippen LogP contribution in [0, 0.1) is 5.41 Å². The van der Waals surface area contributed by atoms with Gasteiger partial charge in [-0.1, -0.05) is 6.92 Å². The van der Waals surface area contributed by atoms with E-state index in [9.17, 15) is 9.90 Å². The number of ether oxygens (including phenoxy) is 4. The standard InChI is InChI=1S/C18H26BrNO6/c1-10-7-12-16(26-10)18(2,5-6-21)17(25-9-23-3)13-15(24-4)14(22)11(19)8-20(12)13/h8,10,12,16-17,21H,5-7,9H2,1-4H3. The monoisotopic (exact) mass is 431 g/mol. The highest BCUT2D eigenvalue weighted by Crippen LogP contribution is 2.56. The summed E-state index contributed by atoms with van der Waals surface area (Å²) in [5.41, 5.74) is -0.0785. The number of nitrogens with zero attached hydrogens (tertiary/aromatic N) is 1. The van der Waals surface area contributed by atoms with Gasteiger partial charge < -0.3 is 28.6 Å². The van der Waals surface area contributed by atoms with Gasteiger partial charge in [0.25, 0.3) is 0 Å². The van der Waals surface area contributed by atoms with Gasteiger partial charge in [-0.05, 0) is 35.7 Å². The average molecular weight is 432 g/mol. The Balaban J connectivity index is 2.26. The van der Waals surface area contributed by atoms with Crippen LogP contribution in [-0.2, 0) is 14.2 Å². The fourth-order valence-corrected chi connectivity index (χ4v) is 4.81. The average Bonchev–Trinajstić information content (AvgIpc) is 3.00. The highest BCUT2D eigenvalue weighted by atomic mass is 79.9. The van der Waals surface area contributed by atoms with Crippen LogP contribution in [0.1, 0.15) is 44.5 Å². The van der Waals surface area contributed by atoms with Crippen LogP contribution in [0.3, 0.4) is 0 Å². The fourth-order valence-electron chi connectivity index (χ4n) is 4.41. The first-order chi connectivity index (χ1) is 12.4. The van der Waals surface area contributed by atoms with E-state index in [0.717, 1.165) is 6.42 Å². The minimum Gasteiger partial charge on any atom is -0.491 e. The zero-order valence-electron chi connectivity index (χ0n) is 15.5. The summed E-state index contributed by atoms with van der Waals surface area (Å²) in [6, 6.07) is 0.0322. The third kappa shape index (κ3) is 3.01. The maximum atomic E-state index is 12.7. The van der Waals surface area contributed by atoms with Gasteiger partial charge in [0.15, 0.2) is 5.75 Å². The molecule has 0 radical (unpaired) electrons. The first kappa shape index (κ1) is 19.8. The zero-order chi connectivity index (χ0) is 19.1. The zero-order valence-corrected chi connectivity index (χ0v) is 17.1. The van der Waals surface area contributed by atoms with Crippen molar-refractivity contribution in [3.8, 4) is 5.75 Å². The fraction of sp³-hybridized carbons (Fsp3) is 0.722. The Morgan fingerprint density at radius 2 is 2.19 bits per heavy atom. The molecule has 146 valence electrons. The molecule has 0 saturated carbocycles. The Labute approximate surface area is 161 Å². The molecular formula is C18H26BrNO6. The van der Waals surface area contributed by atoms with Gasteiger partial charge in [-0.3, -0.25) is 4.79 Å². The second-order valence-electron chi connectivity index (χ2n) is 7.23. The summed E-state index contributed by atoms with van der Waals surface area (Å²) in [4.78, 5) is 12.7. The molecular weight excluding hydrogens is 406 g/mol. The number of hydrogen-bond donors (Lipinski definition) is 1. The van der Waals surface area contributed by atoms with E-state index in [-0.39, 0.29) is 42.8 Å². The number of aliphatic hydroxyl groups is 1. The Hall–Kier alpha value is -0.930. The number of aliphatic hydroxyl groups excluding tert-OH is 1. The van der Waals surface area contributed by atoms with Gasteiger partial charge in [0.1, 0.15) is 12.9 Å². The lowest BCUT2D eigenvalue weighted by atomic mass is 9.69. The van der Waals surface area contributed by atoms with Crippen molar-refractivity contribution in [1.29, 1.82) is 0 Å². The Kier molecular flexibility index (Phi) is 5.79. The Morgan fingerprint density at radius 3 is 2.81 bits per heavy atom. The van der Waals surface area contributed by atoms with Crippen molar-refractivity contribution in [2.45, 2.75) is 51.0 Å². The quantitative estimate of drug-likeness (QED) is 0.696. The third-order valence-corrected chi connectivity index (χ3v) is 6.11. The van der Waals surface area contributed by atoms with Crippen LogP contribution < -0.4 is 10.2 Å². The van der Waals surface area contributed by atoms with Gasteiger partial charge in [0.2, 0.25) is 5.43 Å². The minimum atomic E-state index is -0.531. The molecule has 0 aromatic carbocycles. The largest absolute Gasteiger partial charge is 0.491 e.